The number of aliphatic hydroxyl groups is 1. The monoisotopic (exact) mass is 215 g/mol. The van der Waals surface area contributed by atoms with Gasteiger partial charge < -0.3 is 10.4 Å². The molecule has 0 amide bonds. The Morgan fingerprint density at radius 1 is 0.933 bits per heavy atom. The van der Waals surface area contributed by atoms with Crippen LogP contribution in [0.25, 0.3) is 0 Å². The van der Waals surface area contributed by atoms with Crippen molar-refractivity contribution >= 4 is 0 Å². The molecule has 2 heteroatoms. The van der Waals surface area contributed by atoms with Gasteiger partial charge in [-0.25, -0.2) is 0 Å². The molecule has 2 atom stereocenters. The van der Waals surface area contributed by atoms with E-state index in [1.165, 1.54) is 12.8 Å². The van der Waals surface area contributed by atoms with Gasteiger partial charge in [0, 0.05) is 12.1 Å². The lowest BCUT2D eigenvalue weighted by molar-refractivity contribution is 0.211. The molecule has 92 valence electrons. The number of hydrogen-bond acceptors (Lipinski definition) is 2. The summed E-state index contributed by atoms with van der Waals surface area (Å²) >= 11 is 0. The van der Waals surface area contributed by atoms with Crippen LogP contribution in [0.5, 0.6) is 0 Å². The third-order valence-corrected chi connectivity index (χ3v) is 2.67. The molecule has 0 aromatic carbocycles. The van der Waals surface area contributed by atoms with Crippen molar-refractivity contribution in [1.82, 2.24) is 5.32 Å². The summed E-state index contributed by atoms with van der Waals surface area (Å²) in [6.07, 6.45) is 3.52. The van der Waals surface area contributed by atoms with E-state index in [2.05, 4.69) is 39.9 Å². The molecule has 0 saturated heterocycles. The van der Waals surface area contributed by atoms with Crippen LogP contribution in [0.3, 0.4) is 0 Å². The summed E-state index contributed by atoms with van der Waals surface area (Å²) < 4.78 is 0. The summed E-state index contributed by atoms with van der Waals surface area (Å²) in [5.74, 6) is 1.42. The fraction of sp³-hybridized carbons (Fsp3) is 1.00. The molecular formula is C13H29NO. The van der Waals surface area contributed by atoms with Crippen LogP contribution in [-0.4, -0.2) is 23.8 Å². The molecule has 0 radical (unpaired) electrons. The van der Waals surface area contributed by atoms with E-state index in [0.29, 0.717) is 12.0 Å². The van der Waals surface area contributed by atoms with Crippen molar-refractivity contribution < 1.29 is 5.11 Å². The zero-order valence-electron chi connectivity index (χ0n) is 11.1. The zero-order chi connectivity index (χ0) is 11.8. The Morgan fingerprint density at radius 3 is 1.93 bits per heavy atom. The maximum absolute atomic E-state index is 9.24. The fourth-order valence-electron chi connectivity index (χ4n) is 1.83. The van der Waals surface area contributed by atoms with Gasteiger partial charge >= 0.3 is 0 Å². The highest BCUT2D eigenvalue weighted by Crippen LogP contribution is 2.09. The molecule has 0 aliphatic rings. The minimum atomic E-state index is 0.254. The smallest absolute Gasteiger partial charge is 0.0584 e. The summed E-state index contributed by atoms with van der Waals surface area (Å²) in [6.45, 7) is 11.4. The molecule has 15 heavy (non-hydrogen) atoms. The molecule has 0 spiro atoms. The lowest BCUT2D eigenvalue weighted by Gasteiger charge is -2.23. The minimum absolute atomic E-state index is 0.254. The van der Waals surface area contributed by atoms with Gasteiger partial charge in [-0.15, -0.1) is 0 Å². The highest BCUT2D eigenvalue weighted by Gasteiger charge is 2.12. The van der Waals surface area contributed by atoms with Crippen LogP contribution in [0.15, 0.2) is 0 Å². The molecule has 0 aliphatic carbocycles. The average Bonchev–Trinajstić information content (AvgIpc) is 2.13. The molecule has 0 unspecified atom stereocenters. The molecule has 0 fully saturated rings. The first-order chi connectivity index (χ1) is 6.95. The summed E-state index contributed by atoms with van der Waals surface area (Å²) in [6, 6.07) is 0.787. The van der Waals surface area contributed by atoms with Crippen LogP contribution in [0, 0.1) is 11.8 Å². The standard InChI is InChI=1S/C13H29NO/c1-10(2)6-7-12(5)14-13(9-15)8-11(3)4/h10-15H,6-9H2,1-5H3/t12-,13-/m0/s1. The maximum Gasteiger partial charge on any atom is 0.0584 e. The average molecular weight is 215 g/mol. The summed E-state index contributed by atoms with van der Waals surface area (Å²) in [4.78, 5) is 0. The Labute approximate surface area is 95.5 Å². The number of nitrogens with one attached hydrogen (secondary N) is 1. The van der Waals surface area contributed by atoms with Crippen LogP contribution < -0.4 is 5.32 Å². The molecule has 0 bridgehead atoms. The molecule has 0 aromatic heterocycles. The van der Waals surface area contributed by atoms with E-state index in [1.54, 1.807) is 0 Å². The second-order valence-electron chi connectivity index (χ2n) is 5.55. The fourth-order valence-corrected chi connectivity index (χ4v) is 1.83. The highest BCUT2D eigenvalue weighted by atomic mass is 16.3. The Bertz CT molecular complexity index is 145. The largest absolute Gasteiger partial charge is 0.395 e. The van der Waals surface area contributed by atoms with Gasteiger partial charge in [0.15, 0.2) is 0 Å². The van der Waals surface area contributed by atoms with Crippen LogP contribution in [0.4, 0.5) is 0 Å². The van der Waals surface area contributed by atoms with Crippen LogP contribution in [0.1, 0.15) is 53.9 Å². The van der Waals surface area contributed by atoms with Gasteiger partial charge in [0.1, 0.15) is 0 Å². The van der Waals surface area contributed by atoms with E-state index >= 15 is 0 Å². The summed E-state index contributed by atoms with van der Waals surface area (Å²) in [7, 11) is 0. The molecule has 0 aliphatic heterocycles. The van der Waals surface area contributed by atoms with Gasteiger partial charge in [-0.3, -0.25) is 0 Å². The van der Waals surface area contributed by atoms with Crippen LogP contribution in [-0.2, 0) is 0 Å². The van der Waals surface area contributed by atoms with E-state index in [0.717, 1.165) is 12.3 Å². The van der Waals surface area contributed by atoms with Crippen molar-refractivity contribution in [3.8, 4) is 0 Å². The lowest BCUT2D eigenvalue weighted by atomic mass is 10.0. The third-order valence-electron chi connectivity index (χ3n) is 2.67. The van der Waals surface area contributed by atoms with Gasteiger partial charge in [-0.2, -0.15) is 0 Å². The first-order valence-corrected chi connectivity index (χ1v) is 6.32. The van der Waals surface area contributed by atoms with Gasteiger partial charge in [0.25, 0.3) is 0 Å². The lowest BCUT2D eigenvalue weighted by Crippen LogP contribution is -2.40. The topological polar surface area (TPSA) is 32.3 Å². The first-order valence-electron chi connectivity index (χ1n) is 6.32. The van der Waals surface area contributed by atoms with E-state index in [1.807, 2.05) is 0 Å². The number of aliphatic hydroxyl groups excluding tert-OH is 1. The zero-order valence-corrected chi connectivity index (χ0v) is 11.1. The van der Waals surface area contributed by atoms with Crippen molar-refractivity contribution in [1.29, 1.82) is 0 Å². The van der Waals surface area contributed by atoms with Crippen molar-refractivity contribution in [3.63, 3.8) is 0 Å². The normalized spacial score (nSPS) is 16.0. The molecule has 0 heterocycles. The second kappa shape index (κ2) is 8.12. The van der Waals surface area contributed by atoms with Crippen molar-refractivity contribution in [2.75, 3.05) is 6.61 Å². The molecule has 0 aromatic rings. The minimum Gasteiger partial charge on any atom is -0.395 e. The van der Waals surface area contributed by atoms with Crippen LogP contribution >= 0.6 is 0 Å². The third kappa shape index (κ3) is 8.88. The SMILES string of the molecule is CC(C)CC[C@H](C)N[C@H](CO)CC(C)C. The van der Waals surface area contributed by atoms with Gasteiger partial charge in [0.05, 0.1) is 6.61 Å². The summed E-state index contributed by atoms with van der Waals surface area (Å²) in [5, 5.41) is 12.7. The van der Waals surface area contributed by atoms with E-state index in [9.17, 15) is 5.11 Å². The predicted molar refractivity (Wildman–Crippen MR) is 67.0 cm³/mol. The van der Waals surface area contributed by atoms with Gasteiger partial charge in [-0.05, 0) is 38.0 Å². The van der Waals surface area contributed by atoms with Crippen molar-refractivity contribution in [2.24, 2.45) is 11.8 Å². The molecule has 2 nitrogen and oxygen atoms in total. The highest BCUT2D eigenvalue weighted by molar-refractivity contribution is 4.72. The maximum atomic E-state index is 9.24. The molecule has 2 N–H and O–H groups in total. The molecule has 0 saturated carbocycles. The van der Waals surface area contributed by atoms with Gasteiger partial charge in [-0.1, -0.05) is 27.7 Å². The quantitative estimate of drug-likeness (QED) is 0.652. The Balaban J connectivity index is 3.74. The van der Waals surface area contributed by atoms with E-state index < -0.39 is 0 Å². The Hall–Kier alpha value is -0.0800. The van der Waals surface area contributed by atoms with Gasteiger partial charge in [0.2, 0.25) is 0 Å². The number of hydrogen-bond donors (Lipinski definition) is 2. The summed E-state index contributed by atoms with van der Waals surface area (Å²) in [5.41, 5.74) is 0. The number of rotatable bonds is 8. The predicted octanol–water partition coefficient (Wildman–Crippen LogP) is 2.81. The Kier molecular flexibility index (Phi) is 8.07. The van der Waals surface area contributed by atoms with E-state index in [-0.39, 0.29) is 12.6 Å². The van der Waals surface area contributed by atoms with Crippen molar-refractivity contribution in [2.45, 2.75) is 66.0 Å². The Morgan fingerprint density at radius 2 is 1.53 bits per heavy atom. The first kappa shape index (κ1) is 14.9. The second-order valence-corrected chi connectivity index (χ2v) is 5.55. The molecular weight excluding hydrogens is 186 g/mol. The van der Waals surface area contributed by atoms with E-state index in [4.69, 9.17) is 0 Å². The molecule has 0 rings (SSSR count). The van der Waals surface area contributed by atoms with Crippen LogP contribution in [0.2, 0.25) is 0 Å². The van der Waals surface area contributed by atoms with Crippen molar-refractivity contribution in [3.05, 3.63) is 0 Å².